The van der Waals surface area contributed by atoms with Crippen molar-refractivity contribution in [3.05, 3.63) is 28.1 Å². The van der Waals surface area contributed by atoms with Crippen LogP contribution in [0.2, 0.25) is 0 Å². The number of amides is 2. The van der Waals surface area contributed by atoms with Gasteiger partial charge in [-0.15, -0.1) is 16.4 Å². The first-order valence-electron chi connectivity index (χ1n) is 6.66. The van der Waals surface area contributed by atoms with Crippen LogP contribution >= 0.6 is 11.3 Å². The van der Waals surface area contributed by atoms with E-state index in [0.29, 0.717) is 12.4 Å². The van der Waals surface area contributed by atoms with Gasteiger partial charge in [-0.05, 0) is 37.3 Å². The Balaban J connectivity index is 1.65. The first-order chi connectivity index (χ1) is 9.63. The Bertz CT molecular complexity index is 618. The van der Waals surface area contributed by atoms with Gasteiger partial charge in [-0.25, -0.2) is 9.48 Å². The molecule has 6 nitrogen and oxygen atoms in total. The van der Waals surface area contributed by atoms with Gasteiger partial charge in [0, 0.05) is 24.0 Å². The van der Waals surface area contributed by atoms with Gasteiger partial charge in [0.2, 0.25) is 0 Å². The van der Waals surface area contributed by atoms with Crippen molar-refractivity contribution in [3.8, 4) is 0 Å². The fourth-order valence-corrected chi connectivity index (χ4v) is 3.09. The molecular formula is C13H17N5OS. The number of thiophene rings is 1. The van der Waals surface area contributed by atoms with Crippen molar-refractivity contribution in [2.24, 2.45) is 0 Å². The summed E-state index contributed by atoms with van der Waals surface area (Å²) >= 11 is 1.77. The average molecular weight is 291 g/mol. The van der Waals surface area contributed by atoms with Crippen molar-refractivity contribution in [1.29, 1.82) is 0 Å². The minimum Gasteiger partial charge on any atom is -0.320 e. The molecule has 20 heavy (non-hydrogen) atoms. The lowest BCUT2D eigenvalue weighted by Gasteiger charge is -2.26. The van der Waals surface area contributed by atoms with Crippen LogP contribution in [-0.4, -0.2) is 32.5 Å². The lowest BCUT2D eigenvalue weighted by atomic mass is 10.1. The number of anilines is 1. The van der Waals surface area contributed by atoms with Crippen molar-refractivity contribution >= 4 is 23.2 Å². The Morgan fingerprint density at radius 1 is 1.50 bits per heavy atom. The zero-order valence-corrected chi connectivity index (χ0v) is 12.4. The smallest absolute Gasteiger partial charge is 0.320 e. The van der Waals surface area contributed by atoms with Gasteiger partial charge in [0.15, 0.2) is 5.82 Å². The van der Waals surface area contributed by atoms with E-state index in [9.17, 15) is 4.79 Å². The van der Waals surface area contributed by atoms with Crippen LogP contribution in [0.15, 0.2) is 17.6 Å². The third-order valence-corrected chi connectivity index (χ3v) is 4.39. The maximum atomic E-state index is 12.2. The van der Waals surface area contributed by atoms with E-state index < -0.39 is 0 Å². The fraction of sp³-hybridized carbons (Fsp3) is 0.462. The number of hydrogen-bond donors (Lipinski definition) is 1. The summed E-state index contributed by atoms with van der Waals surface area (Å²) in [6.07, 6.45) is 2.68. The summed E-state index contributed by atoms with van der Waals surface area (Å²) in [5, 5.41) is 12.8. The largest absolute Gasteiger partial charge is 0.323 e. The molecule has 3 rings (SSSR count). The predicted molar refractivity (Wildman–Crippen MR) is 77.9 cm³/mol. The van der Waals surface area contributed by atoms with Crippen LogP contribution < -0.4 is 5.32 Å². The van der Waals surface area contributed by atoms with Crippen LogP contribution in [-0.2, 0) is 13.0 Å². The quantitative estimate of drug-likeness (QED) is 0.924. The van der Waals surface area contributed by atoms with Crippen molar-refractivity contribution in [2.45, 2.75) is 32.9 Å². The van der Waals surface area contributed by atoms with Crippen LogP contribution in [0, 0.1) is 0 Å². The molecule has 3 heterocycles. The number of nitrogens with zero attached hydrogens (tertiary/aromatic N) is 4. The normalized spacial score (nSPS) is 14.4. The Labute approximate surface area is 121 Å². The second-order valence-corrected chi connectivity index (χ2v) is 6.15. The molecule has 0 radical (unpaired) electrons. The van der Waals surface area contributed by atoms with Crippen LogP contribution in [0.1, 0.15) is 30.3 Å². The van der Waals surface area contributed by atoms with Crippen LogP contribution in [0.5, 0.6) is 0 Å². The standard InChI is InChI=1S/C13H17N5OS/c1-9(2)18-8-12(15-16-18)14-13(19)17-5-3-11-10(7-17)4-6-20-11/h4,6,8-9H,3,5,7H2,1-2H3,(H,14,19). The summed E-state index contributed by atoms with van der Waals surface area (Å²) < 4.78 is 1.72. The molecule has 1 aliphatic heterocycles. The first kappa shape index (κ1) is 13.1. The molecule has 0 aromatic carbocycles. The highest BCUT2D eigenvalue weighted by molar-refractivity contribution is 7.10. The van der Waals surface area contributed by atoms with Crippen LogP contribution in [0.25, 0.3) is 0 Å². The molecule has 0 atom stereocenters. The minimum atomic E-state index is -0.113. The number of hydrogen-bond acceptors (Lipinski definition) is 4. The molecule has 2 amide bonds. The summed E-state index contributed by atoms with van der Waals surface area (Å²) in [6.45, 7) is 5.45. The number of urea groups is 1. The summed E-state index contributed by atoms with van der Waals surface area (Å²) in [5.74, 6) is 0.500. The van der Waals surface area contributed by atoms with Gasteiger partial charge in [-0.1, -0.05) is 5.21 Å². The molecule has 0 aliphatic carbocycles. The Morgan fingerprint density at radius 3 is 3.10 bits per heavy atom. The average Bonchev–Trinajstić information content (AvgIpc) is 3.05. The van der Waals surface area contributed by atoms with E-state index in [1.807, 2.05) is 18.7 Å². The number of rotatable bonds is 2. The number of aromatic nitrogens is 3. The van der Waals surface area contributed by atoms with Gasteiger partial charge in [0.25, 0.3) is 0 Å². The van der Waals surface area contributed by atoms with Gasteiger partial charge in [-0.2, -0.15) is 0 Å². The van der Waals surface area contributed by atoms with Crippen molar-refractivity contribution in [3.63, 3.8) is 0 Å². The molecule has 0 saturated carbocycles. The van der Waals surface area contributed by atoms with Crippen molar-refractivity contribution in [2.75, 3.05) is 11.9 Å². The number of carbonyl (C=O) groups excluding carboxylic acids is 1. The topological polar surface area (TPSA) is 63.1 Å². The third kappa shape index (κ3) is 2.53. The monoisotopic (exact) mass is 291 g/mol. The summed E-state index contributed by atoms with van der Waals surface area (Å²) in [7, 11) is 0. The summed E-state index contributed by atoms with van der Waals surface area (Å²) in [4.78, 5) is 15.4. The van der Waals surface area contributed by atoms with E-state index in [2.05, 4.69) is 27.1 Å². The summed E-state index contributed by atoms with van der Waals surface area (Å²) in [6, 6.07) is 2.21. The van der Waals surface area contributed by atoms with Crippen LogP contribution in [0.3, 0.4) is 0 Å². The van der Waals surface area contributed by atoms with E-state index in [-0.39, 0.29) is 12.1 Å². The van der Waals surface area contributed by atoms with Gasteiger partial charge in [0.1, 0.15) is 0 Å². The lowest BCUT2D eigenvalue weighted by molar-refractivity contribution is 0.206. The molecule has 7 heteroatoms. The number of nitrogens with one attached hydrogen (secondary N) is 1. The van der Waals surface area contributed by atoms with Gasteiger partial charge in [-0.3, -0.25) is 5.32 Å². The Morgan fingerprint density at radius 2 is 2.35 bits per heavy atom. The Kier molecular flexibility index (Phi) is 3.43. The van der Waals surface area contributed by atoms with E-state index in [0.717, 1.165) is 13.0 Å². The molecular weight excluding hydrogens is 274 g/mol. The highest BCUT2D eigenvalue weighted by Gasteiger charge is 2.22. The van der Waals surface area contributed by atoms with Gasteiger partial charge in [0.05, 0.1) is 6.20 Å². The number of fused-ring (bicyclic) bond motifs is 1. The molecule has 0 spiro atoms. The van der Waals surface area contributed by atoms with E-state index >= 15 is 0 Å². The molecule has 0 saturated heterocycles. The van der Waals surface area contributed by atoms with Crippen molar-refractivity contribution in [1.82, 2.24) is 19.9 Å². The zero-order chi connectivity index (χ0) is 14.1. The predicted octanol–water partition coefficient (Wildman–Crippen LogP) is 2.51. The fourth-order valence-electron chi connectivity index (χ4n) is 2.20. The van der Waals surface area contributed by atoms with Gasteiger partial charge < -0.3 is 4.90 Å². The maximum absolute atomic E-state index is 12.2. The van der Waals surface area contributed by atoms with E-state index in [1.54, 1.807) is 22.2 Å². The number of carbonyl (C=O) groups is 1. The first-order valence-corrected chi connectivity index (χ1v) is 7.54. The highest BCUT2D eigenvalue weighted by Crippen LogP contribution is 2.24. The highest BCUT2D eigenvalue weighted by atomic mass is 32.1. The third-order valence-electron chi connectivity index (χ3n) is 3.37. The molecule has 2 aromatic heterocycles. The van der Waals surface area contributed by atoms with Gasteiger partial charge >= 0.3 is 6.03 Å². The van der Waals surface area contributed by atoms with Crippen LogP contribution in [0.4, 0.5) is 10.6 Å². The zero-order valence-electron chi connectivity index (χ0n) is 11.5. The molecule has 2 aromatic rings. The van der Waals surface area contributed by atoms with Crippen molar-refractivity contribution < 1.29 is 4.79 Å². The molecule has 106 valence electrons. The molecule has 1 aliphatic rings. The Hall–Kier alpha value is -1.89. The molecule has 1 N–H and O–H groups in total. The summed E-state index contributed by atoms with van der Waals surface area (Å²) in [5.41, 5.74) is 1.25. The second kappa shape index (κ2) is 5.24. The van der Waals surface area contributed by atoms with E-state index in [4.69, 9.17) is 0 Å². The SMILES string of the molecule is CC(C)n1cc(NC(=O)N2CCc3sccc3C2)nn1. The molecule has 0 fully saturated rings. The molecule has 0 unspecified atom stereocenters. The molecule has 0 bridgehead atoms. The minimum absolute atomic E-state index is 0.113. The second-order valence-electron chi connectivity index (χ2n) is 5.15. The van der Waals surface area contributed by atoms with E-state index in [1.165, 1.54) is 10.4 Å². The maximum Gasteiger partial charge on any atom is 0.323 e. The lowest BCUT2D eigenvalue weighted by Crippen LogP contribution is -2.38.